The molecule has 1 unspecified atom stereocenters. The Kier molecular flexibility index (Phi) is 5.01. The van der Waals surface area contributed by atoms with E-state index >= 15 is 0 Å². The lowest BCUT2D eigenvalue weighted by molar-refractivity contribution is -0.135. The molecule has 2 rings (SSSR count). The molecule has 0 fully saturated rings. The Bertz CT molecular complexity index is 458. The van der Waals surface area contributed by atoms with E-state index in [2.05, 4.69) is 19.2 Å². The number of aliphatic hydroxyl groups excluding tert-OH is 1. The molecule has 4 nitrogen and oxygen atoms in total. The lowest BCUT2D eigenvalue weighted by Gasteiger charge is -2.32. The maximum atomic E-state index is 12.8. The van der Waals surface area contributed by atoms with Crippen molar-refractivity contribution >= 4 is 11.6 Å². The Morgan fingerprint density at radius 2 is 2.10 bits per heavy atom. The van der Waals surface area contributed by atoms with Gasteiger partial charge in [-0.2, -0.15) is 0 Å². The average Bonchev–Trinajstić information content (AvgIpc) is 2.91. The zero-order valence-electron chi connectivity index (χ0n) is 12.3. The van der Waals surface area contributed by atoms with Crippen LogP contribution in [0.25, 0.3) is 0 Å². The van der Waals surface area contributed by atoms with Crippen molar-refractivity contribution < 1.29 is 9.90 Å². The summed E-state index contributed by atoms with van der Waals surface area (Å²) in [4.78, 5) is 14.7. The van der Waals surface area contributed by atoms with Crippen LogP contribution in [0.3, 0.4) is 0 Å². The van der Waals surface area contributed by atoms with E-state index in [0.29, 0.717) is 13.1 Å². The summed E-state index contributed by atoms with van der Waals surface area (Å²) in [6.07, 6.45) is 1.84. The van der Waals surface area contributed by atoms with Crippen LogP contribution in [0.15, 0.2) is 24.3 Å². The first-order valence-corrected chi connectivity index (χ1v) is 7.47. The van der Waals surface area contributed by atoms with Crippen molar-refractivity contribution in [3.8, 4) is 0 Å². The van der Waals surface area contributed by atoms with Gasteiger partial charge in [-0.25, -0.2) is 0 Å². The van der Waals surface area contributed by atoms with E-state index in [1.807, 2.05) is 29.2 Å². The van der Waals surface area contributed by atoms with Crippen LogP contribution in [-0.4, -0.2) is 41.7 Å². The van der Waals surface area contributed by atoms with Gasteiger partial charge in [-0.05, 0) is 24.5 Å². The summed E-state index contributed by atoms with van der Waals surface area (Å²) < 4.78 is 0. The maximum Gasteiger partial charge on any atom is 0.232 e. The molecule has 1 aliphatic heterocycles. The summed E-state index contributed by atoms with van der Waals surface area (Å²) in [7, 11) is 0. The van der Waals surface area contributed by atoms with E-state index in [4.69, 9.17) is 0 Å². The van der Waals surface area contributed by atoms with Crippen molar-refractivity contribution in [1.82, 2.24) is 4.90 Å². The lowest BCUT2D eigenvalue weighted by Crippen LogP contribution is -2.44. The molecular weight excluding hydrogens is 252 g/mol. The number of rotatable bonds is 6. The van der Waals surface area contributed by atoms with Crippen LogP contribution < -0.4 is 5.32 Å². The second-order valence-electron chi connectivity index (χ2n) is 5.25. The van der Waals surface area contributed by atoms with Crippen molar-refractivity contribution in [2.24, 2.45) is 0 Å². The highest BCUT2D eigenvalue weighted by molar-refractivity contribution is 5.88. The highest BCUT2D eigenvalue weighted by Gasteiger charge is 2.33. The molecule has 0 bridgehead atoms. The number of aliphatic hydroxyl groups is 1. The van der Waals surface area contributed by atoms with Crippen LogP contribution in [0, 0.1) is 0 Å². The van der Waals surface area contributed by atoms with Gasteiger partial charge < -0.3 is 15.3 Å². The third-order valence-corrected chi connectivity index (χ3v) is 4.14. The Labute approximate surface area is 120 Å². The maximum absolute atomic E-state index is 12.8. The Balaban J connectivity index is 2.20. The zero-order valence-corrected chi connectivity index (χ0v) is 12.3. The minimum atomic E-state index is -0.127. The third kappa shape index (κ3) is 2.80. The fraction of sp³-hybridized carbons (Fsp3) is 0.562. The number of anilines is 1. The van der Waals surface area contributed by atoms with Crippen LogP contribution in [0.1, 0.15) is 38.2 Å². The van der Waals surface area contributed by atoms with Crippen LogP contribution in [0.5, 0.6) is 0 Å². The van der Waals surface area contributed by atoms with Gasteiger partial charge in [0, 0.05) is 24.8 Å². The molecular formula is C16H24N2O2. The van der Waals surface area contributed by atoms with E-state index in [1.165, 1.54) is 0 Å². The van der Waals surface area contributed by atoms with Crippen molar-refractivity contribution in [2.75, 3.05) is 25.0 Å². The molecule has 1 atom stereocenters. The first-order chi connectivity index (χ1) is 9.72. The van der Waals surface area contributed by atoms with E-state index < -0.39 is 0 Å². The fourth-order valence-electron chi connectivity index (χ4n) is 3.01. The summed E-state index contributed by atoms with van der Waals surface area (Å²) in [5.74, 6) is 0.00329. The molecule has 1 aromatic rings. The number of carbonyl (C=O) groups excluding carboxylic acids is 1. The van der Waals surface area contributed by atoms with E-state index in [0.717, 1.165) is 24.1 Å². The number of hydrogen-bond acceptors (Lipinski definition) is 3. The van der Waals surface area contributed by atoms with E-state index in [9.17, 15) is 9.90 Å². The summed E-state index contributed by atoms with van der Waals surface area (Å²) in [6.45, 7) is 5.27. The minimum Gasteiger partial charge on any atom is -0.395 e. The lowest BCUT2D eigenvalue weighted by atomic mass is 9.98. The highest BCUT2D eigenvalue weighted by Crippen LogP contribution is 2.33. The van der Waals surface area contributed by atoms with Crippen molar-refractivity contribution in [2.45, 2.75) is 38.6 Å². The van der Waals surface area contributed by atoms with Gasteiger partial charge in [0.2, 0.25) is 5.91 Å². The van der Waals surface area contributed by atoms with Crippen molar-refractivity contribution in [3.63, 3.8) is 0 Å². The minimum absolute atomic E-state index is 0.0179. The van der Waals surface area contributed by atoms with E-state index in [1.54, 1.807) is 0 Å². The first kappa shape index (κ1) is 14.9. The second-order valence-corrected chi connectivity index (χ2v) is 5.25. The largest absolute Gasteiger partial charge is 0.395 e. The molecule has 20 heavy (non-hydrogen) atoms. The van der Waals surface area contributed by atoms with Crippen LogP contribution in [-0.2, 0) is 4.79 Å². The van der Waals surface area contributed by atoms with Gasteiger partial charge in [0.15, 0.2) is 0 Å². The molecule has 0 saturated carbocycles. The number of amides is 1. The van der Waals surface area contributed by atoms with E-state index in [-0.39, 0.29) is 24.5 Å². The predicted octanol–water partition coefficient (Wildman–Crippen LogP) is 2.21. The molecule has 0 saturated heterocycles. The number of nitrogens with zero attached hydrogens (tertiary/aromatic N) is 1. The quantitative estimate of drug-likeness (QED) is 0.837. The van der Waals surface area contributed by atoms with Gasteiger partial charge >= 0.3 is 0 Å². The van der Waals surface area contributed by atoms with Gasteiger partial charge in [-0.3, -0.25) is 4.79 Å². The second kappa shape index (κ2) is 6.75. The first-order valence-electron chi connectivity index (χ1n) is 7.47. The number of benzene rings is 1. The average molecular weight is 276 g/mol. The molecule has 0 radical (unpaired) electrons. The van der Waals surface area contributed by atoms with Crippen LogP contribution in [0.4, 0.5) is 5.69 Å². The monoisotopic (exact) mass is 276 g/mol. The number of nitrogens with one attached hydrogen (secondary N) is 1. The molecule has 0 aliphatic carbocycles. The van der Waals surface area contributed by atoms with Crippen molar-refractivity contribution in [1.29, 1.82) is 0 Å². The molecule has 1 aliphatic rings. The Morgan fingerprint density at radius 1 is 1.40 bits per heavy atom. The standard InChI is InChI=1S/C16H24N2O2/c1-3-12(4-2)18(9-10-19)16(20)14-11-17-15-8-6-5-7-13(14)15/h5-8,12,14,17,19H,3-4,9-11H2,1-2H3. The zero-order chi connectivity index (χ0) is 14.5. The third-order valence-electron chi connectivity index (χ3n) is 4.14. The van der Waals surface area contributed by atoms with Crippen molar-refractivity contribution in [3.05, 3.63) is 29.8 Å². The van der Waals surface area contributed by atoms with Gasteiger partial charge in [-0.15, -0.1) is 0 Å². The molecule has 1 aromatic carbocycles. The molecule has 1 amide bonds. The molecule has 0 aromatic heterocycles. The summed E-state index contributed by atoms with van der Waals surface area (Å²) in [5.41, 5.74) is 2.13. The molecule has 4 heteroatoms. The van der Waals surface area contributed by atoms with Crippen LogP contribution in [0.2, 0.25) is 0 Å². The molecule has 110 valence electrons. The number of carbonyl (C=O) groups is 1. The van der Waals surface area contributed by atoms with Gasteiger partial charge in [-0.1, -0.05) is 32.0 Å². The molecule has 2 N–H and O–H groups in total. The smallest absolute Gasteiger partial charge is 0.232 e. The summed E-state index contributed by atoms with van der Waals surface area (Å²) >= 11 is 0. The van der Waals surface area contributed by atoms with Gasteiger partial charge in [0.25, 0.3) is 0 Å². The Hall–Kier alpha value is -1.55. The van der Waals surface area contributed by atoms with Gasteiger partial charge in [0.1, 0.15) is 0 Å². The fourth-order valence-corrected chi connectivity index (χ4v) is 3.01. The topological polar surface area (TPSA) is 52.6 Å². The van der Waals surface area contributed by atoms with Crippen LogP contribution >= 0.6 is 0 Å². The number of hydrogen-bond donors (Lipinski definition) is 2. The summed E-state index contributed by atoms with van der Waals surface area (Å²) in [6, 6.07) is 8.19. The normalized spacial score (nSPS) is 16.9. The molecule has 1 heterocycles. The number of fused-ring (bicyclic) bond motifs is 1. The Morgan fingerprint density at radius 3 is 2.75 bits per heavy atom. The molecule has 0 spiro atoms. The SMILES string of the molecule is CCC(CC)N(CCO)C(=O)C1CNc2ccccc21. The van der Waals surface area contributed by atoms with Gasteiger partial charge in [0.05, 0.1) is 12.5 Å². The highest BCUT2D eigenvalue weighted by atomic mass is 16.3. The summed E-state index contributed by atoms with van der Waals surface area (Å²) in [5, 5.41) is 12.5. The predicted molar refractivity (Wildman–Crippen MR) is 80.8 cm³/mol. The number of para-hydroxylation sites is 1.